The van der Waals surface area contributed by atoms with Crippen molar-refractivity contribution in [2.45, 2.75) is 83.3 Å². The molecule has 28 heavy (non-hydrogen) atoms. The molecule has 2 unspecified atom stereocenters. The third-order valence-corrected chi connectivity index (χ3v) is 6.74. The Morgan fingerprint density at radius 2 is 2.07 bits per heavy atom. The Morgan fingerprint density at radius 1 is 1.32 bits per heavy atom. The fourth-order valence-corrected chi connectivity index (χ4v) is 5.49. The second-order valence-corrected chi connectivity index (χ2v) is 9.43. The first-order valence-corrected chi connectivity index (χ1v) is 10.2. The molecule has 4 rings (SSSR count). The maximum absolute atomic E-state index is 13.2. The Morgan fingerprint density at radius 3 is 2.75 bits per heavy atom. The van der Waals surface area contributed by atoms with Crippen LogP contribution in [0.2, 0.25) is 0 Å². The average Bonchev–Trinajstić information content (AvgIpc) is 2.85. The number of hydrogen-bond donors (Lipinski definition) is 1. The van der Waals surface area contributed by atoms with E-state index in [2.05, 4.69) is 11.9 Å². The minimum absolute atomic E-state index is 0.0142. The van der Waals surface area contributed by atoms with E-state index in [4.69, 9.17) is 9.72 Å². The van der Waals surface area contributed by atoms with Crippen LogP contribution in [0, 0.1) is 12.8 Å². The summed E-state index contributed by atoms with van der Waals surface area (Å²) in [6.45, 7) is 8.40. The lowest BCUT2D eigenvalue weighted by Gasteiger charge is -2.51. The number of aromatic nitrogens is 2. The summed E-state index contributed by atoms with van der Waals surface area (Å²) in [5, 5.41) is 0. The van der Waals surface area contributed by atoms with E-state index in [1.807, 2.05) is 18.7 Å². The molecule has 2 aliphatic heterocycles. The van der Waals surface area contributed by atoms with Gasteiger partial charge in [-0.05, 0) is 46.5 Å². The first-order valence-electron chi connectivity index (χ1n) is 10.2. The van der Waals surface area contributed by atoms with Gasteiger partial charge in [0.1, 0.15) is 11.4 Å². The van der Waals surface area contributed by atoms with E-state index in [-0.39, 0.29) is 41.2 Å². The largest absolute Gasteiger partial charge is 0.459 e. The average molecular weight is 387 g/mol. The van der Waals surface area contributed by atoms with Crippen molar-refractivity contribution < 1.29 is 14.3 Å². The topological polar surface area (TPSA) is 92.4 Å². The Balaban J connectivity index is 1.60. The van der Waals surface area contributed by atoms with Crippen LogP contribution in [0.15, 0.2) is 4.79 Å². The quantitative estimate of drug-likeness (QED) is 0.784. The minimum atomic E-state index is -0.495. The van der Waals surface area contributed by atoms with Crippen molar-refractivity contribution in [3.8, 4) is 0 Å². The van der Waals surface area contributed by atoms with Gasteiger partial charge < -0.3 is 14.6 Å². The number of carbonyl (C=O) groups excluding carboxylic acids is 2. The Labute approximate surface area is 164 Å². The molecule has 7 nitrogen and oxygen atoms in total. The molecule has 1 aromatic heterocycles. The number of fused-ring (bicyclic) bond motifs is 3. The minimum Gasteiger partial charge on any atom is -0.459 e. The molecular weight excluding hydrogens is 358 g/mol. The number of aryl methyl sites for hydroxylation is 1. The summed E-state index contributed by atoms with van der Waals surface area (Å²) < 4.78 is 5.39. The summed E-state index contributed by atoms with van der Waals surface area (Å²) in [4.78, 5) is 47.2. The van der Waals surface area contributed by atoms with Crippen molar-refractivity contribution in [2.75, 3.05) is 6.54 Å². The second-order valence-electron chi connectivity index (χ2n) is 9.43. The Hall–Kier alpha value is -2.18. The number of aromatic amines is 1. The lowest BCUT2D eigenvalue weighted by molar-refractivity contribution is -0.151. The maximum Gasteiger partial charge on any atom is 0.310 e. The number of hydrogen-bond acceptors (Lipinski definition) is 5. The summed E-state index contributed by atoms with van der Waals surface area (Å²) in [6.07, 6.45) is 3.93. The summed E-state index contributed by atoms with van der Waals surface area (Å²) in [6, 6.07) is 0.0142. The fraction of sp³-hybridized carbons (Fsp3) is 0.714. The van der Waals surface area contributed by atoms with E-state index in [9.17, 15) is 14.4 Å². The number of cyclic esters (lactones) is 1. The van der Waals surface area contributed by atoms with Gasteiger partial charge in [-0.3, -0.25) is 14.4 Å². The van der Waals surface area contributed by atoms with Gasteiger partial charge in [-0.15, -0.1) is 0 Å². The van der Waals surface area contributed by atoms with E-state index in [1.165, 1.54) is 0 Å². The Bertz CT molecular complexity index is 890. The number of H-pyrrole nitrogens is 1. The molecule has 3 aliphatic rings. The third kappa shape index (κ3) is 3.05. The van der Waals surface area contributed by atoms with Gasteiger partial charge in [0, 0.05) is 36.4 Å². The summed E-state index contributed by atoms with van der Waals surface area (Å²) in [7, 11) is 0. The van der Waals surface area contributed by atoms with Crippen LogP contribution in [0.3, 0.4) is 0 Å². The molecule has 152 valence electrons. The SMILES string of the molecule is Cc1nc2c(c(=O)[nH]1)CCC1N(C(=O)CC3CC(C)(C)OC3=O)CCC[C@@]21C. The van der Waals surface area contributed by atoms with Crippen LogP contribution in [-0.4, -0.2) is 44.9 Å². The van der Waals surface area contributed by atoms with Crippen LogP contribution in [0.1, 0.15) is 70.0 Å². The molecule has 2 saturated heterocycles. The molecule has 0 saturated carbocycles. The molecule has 0 aromatic carbocycles. The molecule has 0 spiro atoms. The normalized spacial score (nSPS) is 31.1. The van der Waals surface area contributed by atoms with Crippen LogP contribution in [-0.2, 0) is 26.2 Å². The van der Waals surface area contributed by atoms with Gasteiger partial charge in [0.05, 0.1) is 11.6 Å². The number of nitrogens with zero attached hydrogens (tertiary/aromatic N) is 2. The van der Waals surface area contributed by atoms with Gasteiger partial charge >= 0.3 is 5.97 Å². The van der Waals surface area contributed by atoms with Crippen LogP contribution >= 0.6 is 0 Å². The number of ether oxygens (including phenoxy) is 1. The van der Waals surface area contributed by atoms with Crippen molar-refractivity contribution >= 4 is 11.9 Å². The van der Waals surface area contributed by atoms with Gasteiger partial charge in [0.2, 0.25) is 5.91 Å². The van der Waals surface area contributed by atoms with Crippen molar-refractivity contribution in [1.29, 1.82) is 0 Å². The number of amides is 1. The van der Waals surface area contributed by atoms with Crippen molar-refractivity contribution in [3.63, 3.8) is 0 Å². The highest BCUT2D eigenvalue weighted by Gasteiger charge is 2.50. The van der Waals surface area contributed by atoms with Gasteiger partial charge in [-0.1, -0.05) is 6.92 Å². The zero-order valence-corrected chi connectivity index (χ0v) is 17.1. The van der Waals surface area contributed by atoms with E-state index >= 15 is 0 Å². The van der Waals surface area contributed by atoms with Gasteiger partial charge in [-0.2, -0.15) is 0 Å². The van der Waals surface area contributed by atoms with Crippen LogP contribution in [0.5, 0.6) is 0 Å². The molecule has 3 heterocycles. The molecule has 1 amide bonds. The molecule has 1 aromatic rings. The molecule has 1 N–H and O–H groups in total. The van der Waals surface area contributed by atoms with E-state index in [0.717, 1.165) is 30.5 Å². The number of rotatable bonds is 2. The predicted octanol–water partition coefficient (Wildman–Crippen LogP) is 2.01. The van der Waals surface area contributed by atoms with Gasteiger partial charge in [-0.25, -0.2) is 4.98 Å². The molecule has 7 heteroatoms. The van der Waals surface area contributed by atoms with Crippen LogP contribution < -0.4 is 5.56 Å². The van der Waals surface area contributed by atoms with Crippen LogP contribution in [0.25, 0.3) is 0 Å². The fourth-order valence-electron chi connectivity index (χ4n) is 5.49. The molecule has 3 atom stereocenters. The van der Waals surface area contributed by atoms with E-state index in [0.29, 0.717) is 25.2 Å². The molecule has 2 fully saturated rings. The van der Waals surface area contributed by atoms with Gasteiger partial charge in [0.15, 0.2) is 0 Å². The van der Waals surface area contributed by atoms with Gasteiger partial charge in [0.25, 0.3) is 5.56 Å². The molecule has 0 bridgehead atoms. The van der Waals surface area contributed by atoms with Crippen molar-refractivity contribution in [1.82, 2.24) is 14.9 Å². The highest BCUT2D eigenvalue weighted by molar-refractivity contribution is 5.84. The molecule has 0 radical (unpaired) electrons. The molecule has 1 aliphatic carbocycles. The van der Waals surface area contributed by atoms with E-state index in [1.54, 1.807) is 6.92 Å². The van der Waals surface area contributed by atoms with Crippen molar-refractivity contribution in [3.05, 3.63) is 27.4 Å². The lowest BCUT2D eigenvalue weighted by Crippen LogP contribution is -2.58. The Kier molecular flexibility index (Phi) is 4.39. The summed E-state index contributed by atoms with van der Waals surface area (Å²) in [5.74, 6) is -0.00342. The smallest absolute Gasteiger partial charge is 0.310 e. The highest BCUT2D eigenvalue weighted by Crippen LogP contribution is 2.44. The van der Waals surface area contributed by atoms with E-state index < -0.39 is 5.60 Å². The first kappa shape index (κ1) is 19.2. The summed E-state index contributed by atoms with van der Waals surface area (Å²) in [5.41, 5.74) is 0.742. The highest BCUT2D eigenvalue weighted by atomic mass is 16.6. The third-order valence-electron chi connectivity index (χ3n) is 6.74. The van der Waals surface area contributed by atoms with Crippen LogP contribution in [0.4, 0.5) is 0 Å². The zero-order chi connectivity index (χ0) is 20.3. The molecular formula is C21H29N3O4. The zero-order valence-electron chi connectivity index (χ0n) is 17.1. The van der Waals surface area contributed by atoms with Crippen molar-refractivity contribution in [2.24, 2.45) is 5.92 Å². The lowest BCUT2D eigenvalue weighted by atomic mass is 9.65. The number of likely N-dealkylation sites (tertiary alicyclic amines) is 1. The monoisotopic (exact) mass is 387 g/mol. The summed E-state index contributed by atoms with van der Waals surface area (Å²) >= 11 is 0. The standard InChI is InChI=1S/C21H29N3O4/c1-12-22-17-14(18(26)23-12)6-7-15-21(17,4)8-5-9-24(15)16(25)10-13-11-20(2,3)28-19(13)27/h13,15H,5-11H2,1-4H3,(H,22,23,26)/t13?,15?,21-/m1/s1. The number of nitrogens with one attached hydrogen (secondary N) is 1. The second kappa shape index (κ2) is 6.42. The number of esters is 1. The maximum atomic E-state index is 13.2. The number of carbonyl (C=O) groups is 2. The predicted molar refractivity (Wildman–Crippen MR) is 103 cm³/mol. The number of piperidine rings is 1. The first-order chi connectivity index (χ1) is 13.1.